The number of hydrogen-bond donors (Lipinski definition) is 0. The van der Waals surface area contributed by atoms with Crippen LogP contribution in [0.2, 0.25) is 5.02 Å². The lowest BCUT2D eigenvalue weighted by Gasteiger charge is -2.38. The van der Waals surface area contributed by atoms with Gasteiger partial charge in [0.15, 0.2) is 0 Å². The van der Waals surface area contributed by atoms with Crippen LogP contribution < -0.4 is 9.64 Å². The van der Waals surface area contributed by atoms with Gasteiger partial charge in [0, 0.05) is 17.0 Å². The molecule has 3 fully saturated rings. The number of anilines is 1. The Morgan fingerprint density at radius 3 is 2.19 bits per heavy atom. The number of amides is 5. The Morgan fingerprint density at radius 1 is 0.929 bits per heavy atom. The van der Waals surface area contributed by atoms with Crippen molar-refractivity contribution < 1.29 is 28.3 Å². The van der Waals surface area contributed by atoms with Crippen molar-refractivity contribution in [1.29, 1.82) is 0 Å². The summed E-state index contributed by atoms with van der Waals surface area (Å²) in [6.07, 6.45) is -0.0502. The first-order valence-corrected chi connectivity index (χ1v) is 14.0. The fourth-order valence-electron chi connectivity index (χ4n) is 6.83. The summed E-state index contributed by atoms with van der Waals surface area (Å²) >= 11 is 6.15. The van der Waals surface area contributed by atoms with Crippen LogP contribution in [0, 0.1) is 17.7 Å². The Balaban J connectivity index is 1.62. The molecule has 3 aromatic carbocycles. The lowest BCUT2D eigenvalue weighted by molar-refractivity contribution is -0.149. The van der Waals surface area contributed by atoms with E-state index in [4.69, 9.17) is 16.3 Å². The predicted octanol–water partition coefficient (Wildman–Crippen LogP) is 5.39. The molecule has 216 valence electrons. The number of carbonyl (C=O) groups is 4. The SMILES string of the molecule is COc1ccc(C2C3C(=O)N(C(C)(C)C)C(=O)C3[C@]3(Cc4ccc(Cl)cc4)C(=O)N(c4cccc(F)c4)C(=O)N23)cc1. The van der Waals surface area contributed by atoms with Crippen LogP contribution in [0.3, 0.4) is 0 Å². The van der Waals surface area contributed by atoms with Gasteiger partial charge >= 0.3 is 6.03 Å². The normalized spacial score (nSPS) is 25.4. The number of fused-ring (bicyclic) bond motifs is 3. The van der Waals surface area contributed by atoms with Crippen molar-refractivity contribution in [2.45, 2.75) is 44.3 Å². The van der Waals surface area contributed by atoms with Gasteiger partial charge in [0.05, 0.1) is 30.7 Å². The molecule has 3 aliphatic rings. The maximum Gasteiger partial charge on any atom is 0.332 e. The highest BCUT2D eigenvalue weighted by atomic mass is 35.5. The standard InChI is InChI=1S/C32H29ClFN3O5/c1-31(2,3)37-27(38)24-25(28(37)39)32(17-18-8-12-20(33)13-9-18)29(40)35(22-7-5-6-21(34)16-22)30(41)36(32)26(24)19-10-14-23(42-4)15-11-19/h5-16,24-26H,17H2,1-4H3/t24?,25?,26?,32-/m1/s1. The fourth-order valence-corrected chi connectivity index (χ4v) is 6.96. The number of likely N-dealkylation sites (tertiary alicyclic amines) is 1. The first-order valence-electron chi connectivity index (χ1n) is 13.6. The molecule has 0 bridgehead atoms. The molecule has 0 aliphatic carbocycles. The van der Waals surface area contributed by atoms with E-state index in [1.165, 1.54) is 35.1 Å². The first-order chi connectivity index (χ1) is 19.9. The third-order valence-corrected chi connectivity index (χ3v) is 8.72. The summed E-state index contributed by atoms with van der Waals surface area (Å²) < 4.78 is 19.7. The van der Waals surface area contributed by atoms with Gasteiger partial charge in [-0.05, 0) is 74.4 Å². The van der Waals surface area contributed by atoms with Crippen molar-refractivity contribution >= 4 is 41.0 Å². The third kappa shape index (κ3) is 3.94. The number of methoxy groups -OCH3 is 1. The zero-order valence-electron chi connectivity index (χ0n) is 23.5. The smallest absolute Gasteiger partial charge is 0.332 e. The summed E-state index contributed by atoms with van der Waals surface area (Å²) in [6.45, 7) is 5.28. The zero-order chi connectivity index (χ0) is 30.1. The minimum atomic E-state index is -1.76. The molecule has 0 saturated carbocycles. The van der Waals surface area contributed by atoms with Crippen LogP contribution in [0.5, 0.6) is 5.75 Å². The van der Waals surface area contributed by atoms with Crippen LogP contribution in [0.4, 0.5) is 14.9 Å². The first kappa shape index (κ1) is 27.9. The number of urea groups is 1. The Kier molecular flexibility index (Phi) is 6.42. The summed E-state index contributed by atoms with van der Waals surface area (Å²) in [5.74, 6) is -3.90. The highest BCUT2D eigenvalue weighted by molar-refractivity contribution is 6.30. The summed E-state index contributed by atoms with van der Waals surface area (Å²) in [7, 11) is 1.53. The van der Waals surface area contributed by atoms with E-state index in [9.17, 15) is 23.6 Å². The lowest BCUT2D eigenvalue weighted by atomic mass is 9.75. The predicted molar refractivity (Wildman–Crippen MR) is 153 cm³/mol. The molecule has 3 heterocycles. The summed E-state index contributed by atoms with van der Waals surface area (Å²) in [5.41, 5.74) is -1.37. The van der Waals surface area contributed by atoms with E-state index in [2.05, 4.69) is 0 Å². The van der Waals surface area contributed by atoms with E-state index < -0.39 is 58.5 Å². The second kappa shape index (κ2) is 9.66. The van der Waals surface area contributed by atoms with E-state index in [1.54, 1.807) is 69.3 Å². The molecule has 10 heteroatoms. The molecule has 0 N–H and O–H groups in total. The zero-order valence-corrected chi connectivity index (χ0v) is 24.3. The molecule has 3 aromatic rings. The largest absolute Gasteiger partial charge is 0.497 e. The Bertz CT molecular complexity index is 1620. The highest BCUT2D eigenvalue weighted by Crippen LogP contribution is 2.60. The molecule has 3 unspecified atom stereocenters. The van der Waals surface area contributed by atoms with Crippen molar-refractivity contribution in [3.8, 4) is 5.75 Å². The molecule has 0 spiro atoms. The van der Waals surface area contributed by atoms with Crippen molar-refractivity contribution in [2.75, 3.05) is 12.0 Å². The molecule has 3 saturated heterocycles. The Labute approximate surface area is 247 Å². The van der Waals surface area contributed by atoms with Gasteiger partial charge in [0.25, 0.3) is 5.91 Å². The van der Waals surface area contributed by atoms with E-state index >= 15 is 0 Å². The summed E-state index contributed by atoms with van der Waals surface area (Å²) in [4.78, 5) is 61.2. The van der Waals surface area contributed by atoms with Crippen LogP contribution in [0.15, 0.2) is 72.8 Å². The van der Waals surface area contributed by atoms with E-state index in [-0.39, 0.29) is 12.1 Å². The molecule has 0 radical (unpaired) electrons. The van der Waals surface area contributed by atoms with Crippen LogP contribution in [-0.2, 0) is 20.8 Å². The van der Waals surface area contributed by atoms with Gasteiger partial charge in [-0.25, -0.2) is 14.1 Å². The van der Waals surface area contributed by atoms with Gasteiger partial charge in [0.1, 0.15) is 17.1 Å². The molecular weight excluding hydrogens is 561 g/mol. The van der Waals surface area contributed by atoms with Gasteiger partial charge in [-0.15, -0.1) is 0 Å². The number of halogens is 2. The monoisotopic (exact) mass is 589 g/mol. The number of ether oxygens (including phenoxy) is 1. The summed E-state index contributed by atoms with van der Waals surface area (Å²) in [5, 5.41) is 0.481. The average molecular weight is 590 g/mol. The molecule has 3 aliphatic heterocycles. The number of carbonyl (C=O) groups excluding carboxylic acids is 4. The second-order valence-corrected chi connectivity index (χ2v) is 12.3. The van der Waals surface area contributed by atoms with Crippen LogP contribution in [-0.4, -0.2) is 51.7 Å². The molecule has 5 amide bonds. The van der Waals surface area contributed by atoms with Crippen LogP contribution >= 0.6 is 11.6 Å². The number of benzene rings is 3. The number of hydrogen-bond acceptors (Lipinski definition) is 5. The van der Waals surface area contributed by atoms with Gasteiger partial charge in [0.2, 0.25) is 11.8 Å². The third-order valence-electron chi connectivity index (χ3n) is 8.47. The van der Waals surface area contributed by atoms with Gasteiger partial charge < -0.3 is 9.64 Å². The Morgan fingerprint density at radius 2 is 1.60 bits per heavy atom. The quantitative estimate of drug-likeness (QED) is 0.294. The van der Waals surface area contributed by atoms with Crippen LogP contribution in [0.25, 0.3) is 0 Å². The maximum atomic E-state index is 14.7. The fraction of sp³-hybridized carbons (Fsp3) is 0.312. The van der Waals surface area contributed by atoms with Gasteiger partial charge in [-0.3, -0.25) is 19.3 Å². The molecule has 4 atom stereocenters. The summed E-state index contributed by atoms with van der Waals surface area (Å²) in [6, 6.07) is 17.2. The molecular formula is C32H29ClFN3O5. The van der Waals surface area contributed by atoms with Crippen molar-refractivity contribution in [2.24, 2.45) is 11.8 Å². The maximum absolute atomic E-state index is 14.7. The van der Waals surface area contributed by atoms with Gasteiger partial charge in [-0.2, -0.15) is 0 Å². The number of nitrogens with zero attached hydrogens (tertiary/aromatic N) is 3. The number of rotatable bonds is 5. The van der Waals surface area contributed by atoms with Crippen LogP contribution in [0.1, 0.15) is 37.9 Å². The molecule has 8 nitrogen and oxygen atoms in total. The molecule has 42 heavy (non-hydrogen) atoms. The average Bonchev–Trinajstić information content (AvgIpc) is 3.47. The second-order valence-electron chi connectivity index (χ2n) is 11.9. The van der Waals surface area contributed by atoms with E-state index in [0.29, 0.717) is 21.9 Å². The van der Waals surface area contributed by atoms with E-state index in [1.807, 2.05) is 0 Å². The topological polar surface area (TPSA) is 87.2 Å². The minimum Gasteiger partial charge on any atom is -0.497 e. The van der Waals surface area contributed by atoms with Crippen molar-refractivity contribution in [3.05, 3.63) is 94.8 Å². The van der Waals surface area contributed by atoms with Crippen molar-refractivity contribution in [1.82, 2.24) is 9.80 Å². The highest BCUT2D eigenvalue weighted by Gasteiger charge is 2.77. The molecule has 0 aromatic heterocycles. The van der Waals surface area contributed by atoms with Crippen molar-refractivity contribution in [3.63, 3.8) is 0 Å². The molecule has 6 rings (SSSR count). The lowest BCUT2D eigenvalue weighted by Crippen LogP contribution is -2.57. The number of imide groups is 2. The van der Waals surface area contributed by atoms with E-state index in [0.717, 1.165) is 11.0 Å². The van der Waals surface area contributed by atoms with Gasteiger partial charge in [-0.1, -0.05) is 41.9 Å². The minimum absolute atomic E-state index is 0.0457. The Hall–Kier alpha value is -4.24.